The van der Waals surface area contributed by atoms with Gasteiger partial charge in [-0.2, -0.15) is 0 Å². The lowest BCUT2D eigenvalue weighted by Crippen LogP contribution is -2.05. The van der Waals surface area contributed by atoms with E-state index >= 15 is 0 Å². The molecule has 0 unspecified atom stereocenters. The van der Waals surface area contributed by atoms with E-state index in [1.165, 1.54) is 25.5 Å². The number of rotatable bonds is 2. The lowest BCUT2D eigenvalue weighted by molar-refractivity contribution is 0.370. The fourth-order valence-electron chi connectivity index (χ4n) is 2.29. The Hall–Kier alpha value is -2.75. The second-order valence-corrected chi connectivity index (χ2v) is 4.84. The number of aromatic hydroxyl groups is 1. The molecule has 2 aromatic carbocycles. The first kappa shape index (κ1) is 13.2. The van der Waals surface area contributed by atoms with Gasteiger partial charge in [-0.05, 0) is 24.6 Å². The van der Waals surface area contributed by atoms with Crippen LogP contribution in [0.5, 0.6) is 11.5 Å². The molecule has 21 heavy (non-hydrogen) atoms. The maximum Gasteiger partial charge on any atom is 0.204 e. The molecule has 0 aliphatic carbocycles. The number of ether oxygens (including phenoxy) is 1. The van der Waals surface area contributed by atoms with Gasteiger partial charge in [0.1, 0.15) is 6.26 Å². The number of hydrogen-bond acceptors (Lipinski definition) is 4. The predicted octanol–water partition coefficient (Wildman–Crippen LogP) is 3.48. The zero-order chi connectivity index (χ0) is 15.0. The molecule has 0 aliphatic heterocycles. The second kappa shape index (κ2) is 4.98. The van der Waals surface area contributed by atoms with Crippen LogP contribution in [0.25, 0.3) is 22.1 Å². The molecule has 4 nitrogen and oxygen atoms in total. The molecule has 3 rings (SSSR count). The Morgan fingerprint density at radius 3 is 2.48 bits per heavy atom. The average molecular weight is 282 g/mol. The van der Waals surface area contributed by atoms with E-state index < -0.39 is 0 Å². The number of hydrogen-bond donors (Lipinski definition) is 1. The van der Waals surface area contributed by atoms with E-state index in [2.05, 4.69) is 0 Å². The Bertz CT molecular complexity index is 860. The fraction of sp³-hybridized carbons (Fsp3) is 0.118. The van der Waals surface area contributed by atoms with Crippen LogP contribution in [0, 0.1) is 6.92 Å². The second-order valence-electron chi connectivity index (χ2n) is 4.84. The summed E-state index contributed by atoms with van der Waals surface area (Å²) in [5, 5.41) is 10.1. The van der Waals surface area contributed by atoms with Gasteiger partial charge in [0.05, 0.1) is 18.1 Å². The van der Waals surface area contributed by atoms with Crippen molar-refractivity contribution >= 4 is 11.0 Å². The molecular weight excluding hydrogens is 268 g/mol. The quantitative estimate of drug-likeness (QED) is 0.781. The third-order valence-electron chi connectivity index (χ3n) is 3.44. The van der Waals surface area contributed by atoms with Crippen LogP contribution in [0.15, 0.2) is 51.9 Å². The van der Waals surface area contributed by atoms with Crippen molar-refractivity contribution in [3.63, 3.8) is 0 Å². The summed E-state index contributed by atoms with van der Waals surface area (Å²) in [6.45, 7) is 1.99. The maximum absolute atomic E-state index is 12.6. The summed E-state index contributed by atoms with van der Waals surface area (Å²) in [5.74, 6) is 0.108. The Morgan fingerprint density at radius 1 is 1.10 bits per heavy atom. The molecule has 1 aromatic heterocycles. The number of fused-ring (bicyclic) bond motifs is 1. The number of aryl methyl sites for hydroxylation is 1. The minimum absolute atomic E-state index is 0.0590. The van der Waals surface area contributed by atoms with Gasteiger partial charge >= 0.3 is 0 Å². The molecule has 0 aliphatic rings. The van der Waals surface area contributed by atoms with E-state index in [9.17, 15) is 9.90 Å². The molecule has 1 heterocycles. The van der Waals surface area contributed by atoms with Crippen LogP contribution in [0.3, 0.4) is 0 Å². The molecule has 3 aromatic rings. The first-order chi connectivity index (χ1) is 10.1. The van der Waals surface area contributed by atoms with E-state index in [0.717, 1.165) is 11.1 Å². The summed E-state index contributed by atoms with van der Waals surface area (Å²) in [6.07, 6.45) is 1.40. The molecule has 0 amide bonds. The third-order valence-corrected chi connectivity index (χ3v) is 3.44. The molecule has 0 spiro atoms. The average Bonchev–Trinajstić information content (AvgIpc) is 2.49. The molecule has 0 bridgehead atoms. The molecular formula is C17H14O4. The van der Waals surface area contributed by atoms with Crippen LogP contribution in [-0.2, 0) is 0 Å². The van der Waals surface area contributed by atoms with Crippen molar-refractivity contribution in [2.45, 2.75) is 6.92 Å². The lowest BCUT2D eigenvalue weighted by Gasteiger charge is -2.08. The fourth-order valence-corrected chi connectivity index (χ4v) is 2.29. The minimum Gasteiger partial charge on any atom is -0.504 e. The van der Waals surface area contributed by atoms with Crippen molar-refractivity contribution in [3.8, 4) is 22.6 Å². The maximum atomic E-state index is 12.6. The molecule has 1 N–H and O–H groups in total. The monoisotopic (exact) mass is 282 g/mol. The van der Waals surface area contributed by atoms with Gasteiger partial charge in [-0.3, -0.25) is 4.79 Å². The third kappa shape index (κ3) is 2.14. The summed E-state index contributed by atoms with van der Waals surface area (Å²) < 4.78 is 10.6. The van der Waals surface area contributed by atoms with Crippen molar-refractivity contribution in [2.75, 3.05) is 7.11 Å². The highest BCUT2D eigenvalue weighted by molar-refractivity contribution is 5.88. The van der Waals surface area contributed by atoms with Crippen LogP contribution >= 0.6 is 0 Å². The van der Waals surface area contributed by atoms with Gasteiger partial charge in [0.15, 0.2) is 11.3 Å². The summed E-state index contributed by atoms with van der Waals surface area (Å²) in [6, 6.07) is 10.6. The molecule has 106 valence electrons. The van der Waals surface area contributed by atoms with E-state index in [4.69, 9.17) is 9.15 Å². The summed E-state index contributed by atoms with van der Waals surface area (Å²) in [5.41, 5.74) is 2.49. The van der Waals surface area contributed by atoms with E-state index in [0.29, 0.717) is 10.9 Å². The Morgan fingerprint density at radius 2 is 1.81 bits per heavy atom. The predicted molar refractivity (Wildman–Crippen MR) is 80.9 cm³/mol. The number of phenolic OH excluding ortho intramolecular Hbond substituents is 1. The van der Waals surface area contributed by atoms with Crippen LogP contribution in [0.2, 0.25) is 0 Å². The minimum atomic E-state index is -0.154. The van der Waals surface area contributed by atoms with Gasteiger partial charge < -0.3 is 14.3 Å². The van der Waals surface area contributed by atoms with Gasteiger partial charge in [-0.1, -0.05) is 29.8 Å². The number of methoxy groups -OCH3 is 1. The van der Waals surface area contributed by atoms with E-state index in [1.807, 2.05) is 31.2 Å². The summed E-state index contributed by atoms with van der Waals surface area (Å²) in [4.78, 5) is 12.6. The van der Waals surface area contributed by atoms with Gasteiger partial charge in [-0.15, -0.1) is 0 Å². The Balaban J connectivity index is 2.29. The highest BCUT2D eigenvalue weighted by Gasteiger charge is 2.15. The number of phenols is 1. The van der Waals surface area contributed by atoms with Gasteiger partial charge in [-0.25, -0.2) is 0 Å². The highest BCUT2D eigenvalue weighted by Crippen LogP contribution is 2.34. The smallest absolute Gasteiger partial charge is 0.204 e. The van der Waals surface area contributed by atoms with Crippen LogP contribution in [0.1, 0.15) is 5.56 Å². The topological polar surface area (TPSA) is 59.7 Å². The Labute approximate surface area is 121 Å². The lowest BCUT2D eigenvalue weighted by atomic mass is 10.0. The van der Waals surface area contributed by atoms with Crippen LogP contribution in [0.4, 0.5) is 0 Å². The zero-order valence-corrected chi connectivity index (χ0v) is 11.7. The van der Waals surface area contributed by atoms with Gasteiger partial charge in [0.2, 0.25) is 11.2 Å². The standard InChI is InChI=1S/C17H14O4/c1-10-3-5-11(6-4-10)13-9-21-16-12(15(13)19)7-8-14(18)17(16)20-2/h3-9,18H,1-2H3. The van der Waals surface area contributed by atoms with Gasteiger partial charge in [0, 0.05) is 0 Å². The SMILES string of the molecule is COc1c(O)ccc2c(=O)c(-c3ccc(C)cc3)coc12. The van der Waals surface area contributed by atoms with Crippen molar-refractivity contribution in [1.29, 1.82) is 0 Å². The highest BCUT2D eigenvalue weighted by atomic mass is 16.5. The first-order valence-corrected chi connectivity index (χ1v) is 6.50. The molecule has 0 radical (unpaired) electrons. The molecule has 0 saturated carbocycles. The normalized spacial score (nSPS) is 10.8. The van der Waals surface area contributed by atoms with Gasteiger partial charge in [0.25, 0.3) is 0 Å². The van der Waals surface area contributed by atoms with Crippen molar-refractivity contribution < 1.29 is 14.3 Å². The molecule has 0 fully saturated rings. The van der Waals surface area contributed by atoms with Crippen molar-refractivity contribution in [2.24, 2.45) is 0 Å². The molecule has 0 saturated heterocycles. The molecule has 4 heteroatoms. The summed E-state index contributed by atoms with van der Waals surface area (Å²) >= 11 is 0. The van der Waals surface area contributed by atoms with Crippen LogP contribution < -0.4 is 10.2 Å². The molecule has 0 atom stereocenters. The Kier molecular flexibility index (Phi) is 3.14. The van der Waals surface area contributed by atoms with Crippen molar-refractivity contribution in [3.05, 3.63) is 58.4 Å². The summed E-state index contributed by atoms with van der Waals surface area (Å²) in [7, 11) is 1.42. The van der Waals surface area contributed by atoms with Crippen molar-refractivity contribution in [1.82, 2.24) is 0 Å². The first-order valence-electron chi connectivity index (χ1n) is 6.50. The number of benzene rings is 2. The van der Waals surface area contributed by atoms with E-state index in [1.54, 1.807) is 0 Å². The largest absolute Gasteiger partial charge is 0.504 e. The van der Waals surface area contributed by atoms with E-state index in [-0.39, 0.29) is 22.5 Å². The zero-order valence-electron chi connectivity index (χ0n) is 11.7. The van der Waals surface area contributed by atoms with Crippen LogP contribution in [-0.4, -0.2) is 12.2 Å².